The lowest BCUT2D eigenvalue weighted by atomic mass is 10.2. The molecule has 2 nitrogen and oxygen atoms in total. The normalized spacial score (nSPS) is 10.9. The molecule has 2 aromatic carbocycles. The summed E-state index contributed by atoms with van der Waals surface area (Å²) in [6, 6.07) is 18.8. The predicted molar refractivity (Wildman–Crippen MR) is 70.0 cm³/mol. The van der Waals surface area contributed by atoms with Gasteiger partial charge < -0.3 is 0 Å². The van der Waals surface area contributed by atoms with E-state index in [9.17, 15) is 0 Å². The minimum absolute atomic E-state index is 0.829. The van der Waals surface area contributed by atoms with Crippen molar-refractivity contribution in [3.8, 4) is 0 Å². The van der Waals surface area contributed by atoms with Gasteiger partial charge in [0, 0.05) is 5.39 Å². The first kappa shape index (κ1) is 10.1. The van der Waals surface area contributed by atoms with Crippen molar-refractivity contribution in [2.24, 2.45) is 0 Å². The summed E-state index contributed by atoms with van der Waals surface area (Å²) in [5, 5.41) is 5.84. The van der Waals surface area contributed by atoms with Crippen molar-refractivity contribution >= 4 is 10.9 Å². The first-order valence-electron chi connectivity index (χ1n) is 5.81. The number of fused-ring (bicyclic) bond motifs is 1. The number of rotatable bonds is 2. The van der Waals surface area contributed by atoms with Crippen molar-refractivity contribution < 1.29 is 0 Å². The highest BCUT2D eigenvalue weighted by molar-refractivity contribution is 5.81. The maximum atomic E-state index is 4.60. The Morgan fingerprint density at radius 1 is 0.941 bits per heavy atom. The van der Waals surface area contributed by atoms with Crippen LogP contribution in [0, 0.1) is 6.92 Å². The molecule has 0 saturated heterocycles. The Kier molecular flexibility index (Phi) is 2.41. The molecule has 3 rings (SSSR count). The summed E-state index contributed by atoms with van der Waals surface area (Å²) in [5.74, 6) is 0. The topological polar surface area (TPSA) is 17.8 Å². The maximum Gasteiger partial charge on any atom is 0.0689 e. The molecule has 2 heteroatoms. The molecule has 0 aliphatic rings. The number of hydrogen-bond donors (Lipinski definition) is 0. The summed E-state index contributed by atoms with van der Waals surface area (Å²) in [5.41, 5.74) is 3.58. The Hall–Kier alpha value is -2.09. The minimum Gasteiger partial charge on any atom is -0.260 e. The highest BCUT2D eigenvalue weighted by Gasteiger charge is 2.06. The standard InChI is InChI=1S/C15H14N2/c1-12-14-9-5-6-10-15(14)17(16-12)11-13-7-3-2-4-8-13/h2-10H,11H2,1H3. The lowest BCUT2D eigenvalue weighted by Crippen LogP contribution is -2.01. The van der Waals surface area contributed by atoms with E-state index >= 15 is 0 Å². The average Bonchev–Trinajstić information content (AvgIpc) is 2.69. The van der Waals surface area contributed by atoms with Crippen LogP contribution in [0.5, 0.6) is 0 Å². The second kappa shape index (κ2) is 4.06. The molecule has 0 aliphatic carbocycles. The third-order valence-electron chi connectivity index (χ3n) is 3.02. The van der Waals surface area contributed by atoms with Gasteiger partial charge in [0.05, 0.1) is 17.8 Å². The fourth-order valence-electron chi connectivity index (χ4n) is 2.17. The first-order valence-corrected chi connectivity index (χ1v) is 5.81. The molecule has 0 saturated carbocycles. The molecule has 0 amide bonds. The lowest BCUT2D eigenvalue weighted by molar-refractivity contribution is 0.703. The van der Waals surface area contributed by atoms with Gasteiger partial charge in [-0.3, -0.25) is 4.68 Å². The van der Waals surface area contributed by atoms with Crippen molar-refractivity contribution in [2.45, 2.75) is 13.5 Å². The van der Waals surface area contributed by atoms with Crippen molar-refractivity contribution in [1.29, 1.82) is 0 Å². The van der Waals surface area contributed by atoms with Crippen LogP contribution in [0.4, 0.5) is 0 Å². The van der Waals surface area contributed by atoms with Crippen molar-refractivity contribution in [2.75, 3.05) is 0 Å². The van der Waals surface area contributed by atoms with Gasteiger partial charge in [-0.25, -0.2) is 0 Å². The summed E-state index contributed by atoms with van der Waals surface area (Å²) in [4.78, 5) is 0. The van der Waals surface area contributed by atoms with Gasteiger partial charge in [0.25, 0.3) is 0 Å². The third-order valence-corrected chi connectivity index (χ3v) is 3.02. The smallest absolute Gasteiger partial charge is 0.0689 e. The molecule has 1 heterocycles. The second-order valence-corrected chi connectivity index (χ2v) is 4.25. The first-order chi connectivity index (χ1) is 8.34. The molecule has 3 aromatic rings. The largest absolute Gasteiger partial charge is 0.260 e. The average molecular weight is 222 g/mol. The highest BCUT2D eigenvalue weighted by atomic mass is 15.3. The Balaban J connectivity index is 2.07. The predicted octanol–water partition coefficient (Wildman–Crippen LogP) is 3.39. The van der Waals surface area contributed by atoms with Crippen molar-refractivity contribution in [1.82, 2.24) is 9.78 Å². The quantitative estimate of drug-likeness (QED) is 0.650. The van der Waals surface area contributed by atoms with Crippen molar-refractivity contribution in [3.63, 3.8) is 0 Å². The number of aryl methyl sites for hydroxylation is 1. The van der Waals surface area contributed by atoms with Crippen molar-refractivity contribution in [3.05, 3.63) is 65.9 Å². The van der Waals surface area contributed by atoms with Gasteiger partial charge in [-0.05, 0) is 18.6 Å². The molecule has 0 N–H and O–H groups in total. The van der Waals surface area contributed by atoms with Gasteiger partial charge in [-0.1, -0.05) is 48.5 Å². The molecular weight excluding hydrogens is 208 g/mol. The monoisotopic (exact) mass is 222 g/mol. The lowest BCUT2D eigenvalue weighted by Gasteiger charge is -2.03. The van der Waals surface area contributed by atoms with E-state index in [4.69, 9.17) is 0 Å². The fourth-order valence-corrected chi connectivity index (χ4v) is 2.17. The summed E-state index contributed by atoms with van der Waals surface area (Å²) in [6.07, 6.45) is 0. The van der Waals surface area contributed by atoms with E-state index in [2.05, 4.69) is 65.2 Å². The minimum atomic E-state index is 0.829. The van der Waals surface area contributed by atoms with Gasteiger partial charge in [-0.2, -0.15) is 5.10 Å². The van der Waals surface area contributed by atoms with E-state index in [0.717, 1.165) is 12.2 Å². The van der Waals surface area contributed by atoms with E-state index in [1.54, 1.807) is 0 Å². The van der Waals surface area contributed by atoms with Crippen LogP contribution in [-0.4, -0.2) is 9.78 Å². The highest BCUT2D eigenvalue weighted by Crippen LogP contribution is 2.18. The van der Waals surface area contributed by atoms with Crippen LogP contribution in [0.3, 0.4) is 0 Å². The zero-order valence-electron chi connectivity index (χ0n) is 9.80. The van der Waals surface area contributed by atoms with Gasteiger partial charge >= 0.3 is 0 Å². The summed E-state index contributed by atoms with van der Waals surface area (Å²) < 4.78 is 2.07. The Morgan fingerprint density at radius 3 is 2.47 bits per heavy atom. The molecule has 0 atom stereocenters. The Bertz CT molecular complexity index is 638. The summed E-state index contributed by atoms with van der Waals surface area (Å²) in [7, 11) is 0. The van der Waals surface area contributed by atoms with E-state index < -0.39 is 0 Å². The van der Waals surface area contributed by atoms with Gasteiger partial charge in [-0.15, -0.1) is 0 Å². The molecule has 84 valence electrons. The van der Waals surface area contributed by atoms with Crippen LogP contribution in [0.2, 0.25) is 0 Å². The van der Waals surface area contributed by atoms with Gasteiger partial charge in [0.2, 0.25) is 0 Å². The molecular formula is C15H14N2. The molecule has 0 aliphatic heterocycles. The molecule has 1 aromatic heterocycles. The molecule has 0 fully saturated rings. The Morgan fingerprint density at radius 2 is 1.65 bits per heavy atom. The number of para-hydroxylation sites is 1. The van der Waals surface area contributed by atoms with Crippen LogP contribution in [0.15, 0.2) is 54.6 Å². The molecule has 0 bridgehead atoms. The maximum absolute atomic E-state index is 4.60. The number of aromatic nitrogens is 2. The van der Waals surface area contributed by atoms with Crippen LogP contribution < -0.4 is 0 Å². The zero-order chi connectivity index (χ0) is 11.7. The van der Waals surface area contributed by atoms with Gasteiger partial charge in [0.1, 0.15) is 0 Å². The molecule has 0 unspecified atom stereocenters. The van der Waals surface area contributed by atoms with Gasteiger partial charge in [0.15, 0.2) is 0 Å². The van der Waals surface area contributed by atoms with Crippen LogP contribution >= 0.6 is 0 Å². The SMILES string of the molecule is Cc1nn(Cc2ccccc2)c2ccccc12. The number of hydrogen-bond acceptors (Lipinski definition) is 1. The zero-order valence-corrected chi connectivity index (χ0v) is 9.80. The molecule has 0 spiro atoms. The van der Waals surface area contributed by atoms with Crippen LogP contribution in [0.1, 0.15) is 11.3 Å². The number of benzene rings is 2. The fraction of sp³-hybridized carbons (Fsp3) is 0.133. The third kappa shape index (κ3) is 1.82. The van der Waals surface area contributed by atoms with E-state index in [0.29, 0.717) is 0 Å². The van der Waals surface area contributed by atoms with E-state index in [-0.39, 0.29) is 0 Å². The molecule has 0 radical (unpaired) electrons. The summed E-state index contributed by atoms with van der Waals surface area (Å²) >= 11 is 0. The number of nitrogens with zero attached hydrogens (tertiary/aromatic N) is 2. The summed E-state index contributed by atoms with van der Waals surface area (Å²) in [6.45, 7) is 2.89. The Labute approximate surface area is 101 Å². The van der Waals surface area contributed by atoms with E-state index in [1.807, 2.05) is 6.07 Å². The second-order valence-electron chi connectivity index (χ2n) is 4.25. The van der Waals surface area contributed by atoms with Crippen LogP contribution in [0.25, 0.3) is 10.9 Å². The molecule has 17 heavy (non-hydrogen) atoms. The van der Waals surface area contributed by atoms with Crippen LogP contribution in [-0.2, 0) is 6.54 Å². The van der Waals surface area contributed by atoms with E-state index in [1.165, 1.54) is 16.5 Å².